The lowest BCUT2D eigenvalue weighted by atomic mass is 10.0. The lowest BCUT2D eigenvalue weighted by molar-refractivity contribution is -0.116. The van der Waals surface area contributed by atoms with Crippen molar-refractivity contribution in [3.8, 4) is 34.1 Å². The van der Waals surface area contributed by atoms with Gasteiger partial charge in [0.2, 0.25) is 11.8 Å². The Morgan fingerprint density at radius 1 is 0.561 bits per heavy atom. The van der Waals surface area contributed by atoms with Crippen LogP contribution >= 0.6 is 0 Å². The number of benzene rings is 4. The van der Waals surface area contributed by atoms with Crippen molar-refractivity contribution in [3.63, 3.8) is 0 Å². The number of carbonyl (C=O) groups excluding carboxylic acids is 2. The monoisotopic (exact) mass is 552 g/mol. The third-order valence-electron chi connectivity index (χ3n) is 7.07. The summed E-state index contributed by atoms with van der Waals surface area (Å²) >= 11 is 0. The first-order chi connectivity index (χ1) is 19.9. The van der Waals surface area contributed by atoms with Crippen molar-refractivity contribution in [2.45, 2.75) is 19.3 Å². The summed E-state index contributed by atoms with van der Waals surface area (Å²) in [7, 11) is 6.30. The minimum absolute atomic E-state index is 0.118. The molecule has 0 heterocycles. The minimum atomic E-state index is -0.118. The van der Waals surface area contributed by atoms with Crippen molar-refractivity contribution in [1.82, 2.24) is 0 Å². The standard InChI is InChI=1S/C33H32N2O6/c1-38-28-11-5-20(13-30(28)40-3)15-32(36)34-24-7-9-26-22(18-24)17-23-19-25(8-10-27(23)26)35-33(37)16-21-6-12-29(39-2)31(14-21)41-4/h5-14,18-19H,15-17H2,1-4H3,(H,34,36)(H,35,37). The number of rotatable bonds is 10. The normalized spacial score (nSPS) is 11.2. The van der Waals surface area contributed by atoms with E-state index in [4.69, 9.17) is 18.9 Å². The summed E-state index contributed by atoms with van der Waals surface area (Å²) in [4.78, 5) is 25.5. The molecule has 0 fully saturated rings. The van der Waals surface area contributed by atoms with Crippen LogP contribution in [-0.4, -0.2) is 40.3 Å². The number of ether oxygens (including phenoxy) is 4. The predicted octanol–water partition coefficient (Wildman–Crippen LogP) is 5.65. The molecule has 0 saturated carbocycles. The van der Waals surface area contributed by atoms with E-state index in [1.165, 1.54) is 0 Å². The SMILES string of the molecule is COc1ccc(CC(=O)Nc2ccc3c(c2)Cc2cc(NC(=O)Cc4ccc(OC)c(OC)c4)ccc2-3)cc1OC. The van der Waals surface area contributed by atoms with Gasteiger partial charge in [0.05, 0.1) is 41.3 Å². The van der Waals surface area contributed by atoms with E-state index in [1.54, 1.807) is 40.6 Å². The lowest BCUT2D eigenvalue weighted by Gasteiger charge is -2.11. The smallest absolute Gasteiger partial charge is 0.228 e. The van der Waals surface area contributed by atoms with Crippen molar-refractivity contribution in [3.05, 3.63) is 95.1 Å². The molecule has 5 rings (SSSR count). The molecule has 4 aromatic carbocycles. The van der Waals surface area contributed by atoms with Gasteiger partial charge in [-0.25, -0.2) is 0 Å². The van der Waals surface area contributed by atoms with Crippen LogP contribution in [0.2, 0.25) is 0 Å². The van der Waals surface area contributed by atoms with Gasteiger partial charge in [-0.05, 0) is 88.3 Å². The van der Waals surface area contributed by atoms with Crippen LogP contribution in [0.3, 0.4) is 0 Å². The van der Waals surface area contributed by atoms with Crippen LogP contribution in [0, 0.1) is 0 Å². The van der Waals surface area contributed by atoms with E-state index in [-0.39, 0.29) is 24.7 Å². The third kappa shape index (κ3) is 6.11. The second-order valence-corrected chi connectivity index (χ2v) is 9.75. The van der Waals surface area contributed by atoms with Gasteiger partial charge in [-0.1, -0.05) is 24.3 Å². The Balaban J connectivity index is 1.22. The number of anilines is 2. The highest BCUT2D eigenvalue weighted by Crippen LogP contribution is 2.39. The fraction of sp³-hybridized carbons (Fsp3) is 0.212. The number of fused-ring (bicyclic) bond motifs is 3. The zero-order chi connectivity index (χ0) is 28.9. The van der Waals surface area contributed by atoms with Crippen molar-refractivity contribution in [2.75, 3.05) is 39.1 Å². The Labute approximate surface area is 239 Å². The molecule has 8 heteroatoms. The number of nitrogens with one attached hydrogen (secondary N) is 2. The summed E-state index contributed by atoms with van der Waals surface area (Å²) in [5, 5.41) is 6.01. The van der Waals surface area contributed by atoms with Crippen molar-refractivity contribution in [1.29, 1.82) is 0 Å². The van der Waals surface area contributed by atoms with E-state index in [0.717, 1.165) is 44.8 Å². The van der Waals surface area contributed by atoms with Crippen LogP contribution in [0.25, 0.3) is 11.1 Å². The van der Waals surface area contributed by atoms with Crippen LogP contribution in [0.15, 0.2) is 72.8 Å². The first kappa shape index (κ1) is 27.6. The molecule has 41 heavy (non-hydrogen) atoms. The highest BCUT2D eigenvalue weighted by atomic mass is 16.5. The summed E-state index contributed by atoms with van der Waals surface area (Å²) in [5.41, 5.74) is 7.64. The molecule has 1 aliphatic carbocycles. The number of carbonyl (C=O) groups is 2. The molecule has 0 saturated heterocycles. The minimum Gasteiger partial charge on any atom is -0.493 e. The van der Waals surface area contributed by atoms with Crippen LogP contribution in [0.5, 0.6) is 23.0 Å². The van der Waals surface area contributed by atoms with Gasteiger partial charge in [-0.15, -0.1) is 0 Å². The molecule has 2 amide bonds. The molecule has 0 spiro atoms. The zero-order valence-electron chi connectivity index (χ0n) is 23.5. The number of methoxy groups -OCH3 is 4. The summed E-state index contributed by atoms with van der Waals surface area (Å²) in [6.45, 7) is 0. The van der Waals surface area contributed by atoms with Gasteiger partial charge in [0.1, 0.15) is 0 Å². The fourth-order valence-corrected chi connectivity index (χ4v) is 5.13. The summed E-state index contributed by atoms with van der Waals surface area (Å²) in [5.74, 6) is 2.18. The van der Waals surface area contributed by atoms with E-state index >= 15 is 0 Å². The second-order valence-electron chi connectivity index (χ2n) is 9.75. The van der Waals surface area contributed by atoms with Crippen LogP contribution in [0.1, 0.15) is 22.3 Å². The molecular weight excluding hydrogens is 520 g/mol. The number of hydrogen-bond acceptors (Lipinski definition) is 6. The molecule has 2 N–H and O–H groups in total. The van der Waals surface area contributed by atoms with Gasteiger partial charge in [-0.3, -0.25) is 9.59 Å². The molecule has 0 bridgehead atoms. The largest absolute Gasteiger partial charge is 0.493 e. The molecule has 0 aliphatic heterocycles. The first-order valence-corrected chi connectivity index (χ1v) is 13.2. The molecule has 210 valence electrons. The highest BCUT2D eigenvalue weighted by molar-refractivity contribution is 5.95. The van der Waals surface area contributed by atoms with Crippen molar-refractivity contribution in [2.24, 2.45) is 0 Å². The van der Waals surface area contributed by atoms with E-state index in [9.17, 15) is 9.59 Å². The molecular formula is C33H32N2O6. The molecule has 0 aromatic heterocycles. The summed E-state index contributed by atoms with van der Waals surface area (Å²) in [6, 6.07) is 22.8. The quantitative estimate of drug-likeness (QED) is 0.232. The first-order valence-electron chi connectivity index (χ1n) is 13.2. The predicted molar refractivity (Wildman–Crippen MR) is 158 cm³/mol. The molecule has 0 atom stereocenters. The van der Waals surface area contributed by atoms with Gasteiger partial charge in [0.15, 0.2) is 23.0 Å². The van der Waals surface area contributed by atoms with Gasteiger partial charge >= 0.3 is 0 Å². The highest BCUT2D eigenvalue weighted by Gasteiger charge is 2.20. The number of hydrogen-bond donors (Lipinski definition) is 2. The Hall–Kier alpha value is -4.98. The van der Waals surface area contributed by atoms with Gasteiger partial charge < -0.3 is 29.6 Å². The molecule has 1 aliphatic rings. The van der Waals surface area contributed by atoms with Crippen LogP contribution in [-0.2, 0) is 28.9 Å². The summed E-state index contributed by atoms with van der Waals surface area (Å²) in [6.07, 6.45) is 1.14. The maximum atomic E-state index is 12.8. The van der Waals surface area contributed by atoms with Gasteiger partial charge in [0, 0.05) is 11.4 Å². The Bertz CT molecular complexity index is 1490. The van der Waals surface area contributed by atoms with Gasteiger partial charge in [0.25, 0.3) is 0 Å². The zero-order valence-corrected chi connectivity index (χ0v) is 23.5. The Kier molecular flexibility index (Phi) is 8.10. The van der Waals surface area contributed by atoms with Gasteiger partial charge in [-0.2, -0.15) is 0 Å². The maximum absolute atomic E-state index is 12.8. The van der Waals surface area contributed by atoms with Crippen LogP contribution in [0.4, 0.5) is 11.4 Å². The van der Waals surface area contributed by atoms with E-state index in [0.29, 0.717) is 29.4 Å². The Morgan fingerprint density at radius 2 is 0.976 bits per heavy atom. The maximum Gasteiger partial charge on any atom is 0.228 e. The molecule has 8 nitrogen and oxygen atoms in total. The average molecular weight is 553 g/mol. The second kappa shape index (κ2) is 12.0. The average Bonchev–Trinajstić information content (AvgIpc) is 3.33. The Morgan fingerprint density at radius 3 is 1.37 bits per heavy atom. The summed E-state index contributed by atoms with van der Waals surface area (Å²) < 4.78 is 21.2. The van der Waals surface area contributed by atoms with Crippen LogP contribution < -0.4 is 29.6 Å². The lowest BCUT2D eigenvalue weighted by Crippen LogP contribution is -2.14. The van der Waals surface area contributed by atoms with E-state index in [2.05, 4.69) is 10.6 Å². The fourth-order valence-electron chi connectivity index (χ4n) is 5.13. The van der Waals surface area contributed by atoms with Crippen molar-refractivity contribution >= 4 is 23.2 Å². The van der Waals surface area contributed by atoms with Crippen molar-refractivity contribution < 1.29 is 28.5 Å². The van der Waals surface area contributed by atoms with E-state index < -0.39 is 0 Å². The third-order valence-corrected chi connectivity index (χ3v) is 7.07. The molecule has 4 aromatic rings. The molecule has 0 radical (unpaired) electrons. The van der Waals surface area contributed by atoms with E-state index in [1.807, 2.05) is 60.7 Å². The number of amides is 2. The topological polar surface area (TPSA) is 95.1 Å². The molecule has 0 unspecified atom stereocenters.